The number of nitrogens with zero attached hydrogens (tertiary/aromatic N) is 1. The fourth-order valence-electron chi connectivity index (χ4n) is 2.40. The lowest BCUT2D eigenvalue weighted by Gasteiger charge is -2.23. The minimum Gasteiger partial charge on any atom is -0.383 e. The van der Waals surface area contributed by atoms with Gasteiger partial charge in [-0.3, -0.25) is 9.69 Å². The van der Waals surface area contributed by atoms with Crippen LogP contribution in [0.1, 0.15) is 12.0 Å². The molecule has 96 valence electrons. The first-order valence-corrected chi connectivity index (χ1v) is 6.48. The molecule has 0 aliphatic carbocycles. The van der Waals surface area contributed by atoms with Gasteiger partial charge in [0.2, 0.25) is 5.91 Å². The molecule has 0 saturated heterocycles. The summed E-state index contributed by atoms with van der Waals surface area (Å²) in [6.45, 7) is 2.74. The number of benzene rings is 2. The Hall–Kier alpha value is -2.29. The number of fused-ring (bicyclic) bond motifs is 1. The minimum absolute atomic E-state index is 0.126. The zero-order chi connectivity index (χ0) is 13.2. The van der Waals surface area contributed by atoms with Gasteiger partial charge in [-0.1, -0.05) is 24.3 Å². The zero-order valence-corrected chi connectivity index (χ0v) is 10.9. The summed E-state index contributed by atoms with van der Waals surface area (Å²) >= 11 is 0. The molecule has 3 heteroatoms. The Kier molecular flexibility index (Phi) is 2.95. The van der Waals surface area contributed by atoms with Crippen LogP contribution in [-0.2, 0) is 4.79 Å². The first-order valence-electron chi connectivity index (χ1n) is 6.48. The van der Waals surface area contributed by atoms with Gasteiger partial charge in [0.1, 0.15) is 0 Å². The Morgan fingerprint density at radius 2 is 1.89 bits per heavy atom. The Labute approximate surface area is 112 Å². The summed E-state index contributed by atoms with van der Waals surface area (Å²) in [6.07, 6.45) is 0.503. The van der Waals surface area contributed by atoms with Gasteiger partial charge in [0.15, 0.2) is 0 Å². The average molecular weight is 252 g/mol. The quantitative estimate of drug-likeness (QED) is 0.842. The summed E-state index contributed by atoms with van der Waals surface area (Å²) in [6, 6.07) is 15.9. The van der Waals surface area contributed by atoms with Crippen LogP contribution < -0.4 is 10.2 Å². The van der Waals surface area contributed by atoms with Crippen molar-refractivity contribution in [3.63, 3.8) is 0 Å². The maximum atomic E-state index is 12.3. The van der Waals surface area contributed by atoms with E-state index in [4.69, 9.17) is 0 Å². The minimum atomic E-state index is 0.126. The first kappa shape index (κ1) is 11.8. The number of para-hydroxylation sites is 1. The molecule has 0 fully saturated rings. The molecule has 1 aliphatic rings. The zero-order valence-electron chi connectivity index (χ0n) is 10.9. The van der Waals surface area contributed by atoms with Crippen LogP contribution in [0.25, 0.3) is 0 Å². The number of rotatable bonds is 1. The van der Waals surface area contributed by atoms with Crippen LogP contribution in [0.15, 0.2) is 48.5 Å². The summed E-state index contributed by atoms with van der Waals surface area (Å²) in [7, 11) is 0. The van der Waals surface area contributed by atoms with E-state index in [-0.39, 0.29) is 5.91 Å². The van der Waals surface area contributed by atoms with Crippen molar-refractivity contribution in [3.05, 3.63) is 54.1 Å². The van der Waals surface area contributed by atoms with E-state index < -0.39 is 0 Å². The van der Waals surface area contributed by atoms with Crippen LogP contribution in [0.3, 0.4) is 0 Å². The highest BCUT2D eigenvalue weighted by Crippen LogP contribution is 2.35. The maximum Gasteiger partial charge on any atom is 0.233 e. The highest BCUT2D eigenvalue weighted by molar-refractivity contribution is 6.04. The molecule has 3 nitrogen and oxygen atoms in total. The van der Waals surface area contributed by atoms with Gasteiger partial charge < -0.3 is 5.32 Å². The summed E-state index contributed by atoms with van der Waals surface area (Å²) in [4.78, 5) is 14.1. The molecule has 0 aromatic heterocycles. The van der Waals surface area contributed by atoms with Crippen molar-refractivity contribution in [2.24, 2.45) is 0 Å². The summed E-state index contributed by atoms with van der Waals surface area (Å²) < 4.78 is 0. The Bertz CT molecular complexity index is 607. The van der Waals surface area contributed by atoms with Crippen LogP contribution in [0.2, 0.25) is 0 Å². The van der Waals surface area contributed by atoms with Crippen LogP contribution in [-0.4, -0.2) is 12.5 Å². The summed E-state index contributed by atoms with van der Waals surface area (Å²) in [5.74, 6) is 0.126. The second kappa shape index (κ2) is 4.76. The van der Waals surface area contributed by atoms with E-state index in [2.05, 4.69) is 18.3 Å². The number of aryl methyl sites for hydroxylation is 1. The van der Waals surface area contributed by atoms with Gasteiger partial charge in [0.25, 0.3) is 0 Å². The molecular formula is C16H16N2O. The van der Waals surface area contributed by atoms with Gasteiger partial charge in [-0.15, -0.1) is 0 Å². The topological polar surface area (TPSA) is 32.3 Å². The van der Waals surface area contributed by atoms with E-state index in [0.29, 0.717) is 13.0 Å². The average Bonchev–Trinajstić information content (AvgIpc) is 2.58. The van der Waals surface area contributed by atoms with Gasteiger partial charge in [-0.2, -0.15) is 0 Å². The predicted molar refractivity (Wildman–Crippen MR) is 77.9 cm³/mol. The third-order valence-corrected chi connectivity index (χ3v) is 3.31. The molecule has 0 bridgehead atoms. The molecular weight excluding hydrogens is 236 g/mol. The molecule has 1 aliphatic heterocycles. The molecule has 1 amide bonds. The Morgan fingerprint density at radius 3 is 2.68 bits per heavy atom. The van der Waals surface area contributed by atoms with Crippen molar-refractivity contribution in [2.45, 2.75) is 13.3 Å². The fraction of sp³-hybridized carbons (Fsp3) is 0.188. The molecule has 3 rings (SSSR count). The van der Waals surface area contributed by atoms with Crippen LogP contribution in [0, 0.1) is 6.92 Å². The second-order valence-electron chi connectivity index (χ2n) is 4.76. The normalized spacial score (nSPS) is 14.6. The van der Waals surface area contributed by atoms with E-state index in [1.54, 1.807) is 4.90 Å². The number of anilines is 3. The van der Waals surface area contributed by atoms with Crippen molar-refractivity contribution in [2.75, 3.05) is 16.8 Å². The van der Waals surface area contributed by atoms with E-state index in [1.807, 2.05) is 42.5 Å². The van der Waals surface area contributed by atoms with Gasteiger partial charge in [0.05, 0.1) is 11.4 Å². The van der Waals surface area contributed by atoms with Crippen LogP contribution in [0.5, 0.6) is 0 Å². The Morgan fingerprint density at radius 1 is 1.11 bits per heavy atom. The number of amides is 1. The maximum absolute atomic E-state index is 12.3. The highest BCUT2D eigenvalue weighted by atomic mass is 16.2. The van der Waals surface area contributed by atoms with E-state index >= 15 is 0 Å². The largest absolute Gasteiger partial charge is 0.383 e. The fourth-order valence-corrected chi connectivity index (χ4v) is 2.40. The van der Waals surface area contributed by atoms with Crippen molar-refractivity contribution in [1.29, 1.82) is 0 Å². The van der Waals surface area contributed by atoms with Crippen molar-refractivity contribution in [3.8, 4) is 0 Å². The van der Waals surface area contributed by atoms with Crippen LogP contribution in [0.4, 0.5) is 17.1 Å². The third-order valence-electron chi connectivity index (χ3n) is 3.31. The molecule has 0 unspecified atom stereocenters. The van der Waals surface area contributed by atoms with Gasteiger partial charge in [-0.05, 0) is 36.8 Å². The highest BCUT2D eigenvalue weighted by Gasteiger charge is 2.23. The van der Waals surface area contributed by atoms with Gasteiger partial charge >= 0.3 is 0 Å². The molecule has 19 heavy (non-hydrogen) atoms. The number of carbonyl (C=O) groups is 1. The van der Waals surface area contributed by atoms with E-state index in [9.17, 15) is 4.79 Å². The molecule has 2 aromatic rings. The summed E-state index contributed by atoms with van der Waals surface area (Å²) in [5.41, 5.74) is 4.06. The number of nitrogens with one attached hydrogen (secondary N) is 1. The molecule has 0 saturated carbocycles. The number of hydrogen-bond acceptors (Lipinski definition) is 2. The number of hydrogen-bond donors (Lipinski definition) is 1. The standard InChI is InChI=1S/C16H16N2O/c1-12-7-8-15-14(11-12)17-10-9-16(19)18(15)13-5-3-2-4-6-13/h2-8,11,17H,9-10H2,1H3. The van der Waals surface area contributed by atoms with Gasteiger partial charge in [-0.25, -0.2) is 0 Å². The third kappa shape index (κ3) is 2.19. The molecule has 0 spiro atoms. The lowest BCUT2D eigenvalue weighted by molar-refractivity contribution is -0.117. The lowest BCUT2D eigenvalue weighted by atomic mass is 10.1. The van der Waals surface area contributed by atoms with E-state index in [0.717, 1.165) is 17.1 Å². The summed E-state index contributed by atoms with van der Waals surface area (Å²) in [5, 5.41) is 3.33. The SMILES string of the molecule is Cc1ccc2c(c1)NCCC(=O)N2c1ccccc1. The first-order chi connectivity index (χ1) is 9.25. The lowest BCUT2D eigenvalue weighted by Crippen LogP contribution is -2.24. The predicted octanol–water partition coefficient (Wildman–Crippen LogP) is 3.48. The van der Waals surface area contributed by atoms with Crippen LogP contribution >= 0.6 is 0 Å². The number of carbonyl (C=O) groups excluding carboxylic acids is 1. The molecule has 2 aromatic carbocycles. The van der Waals surface area contributed by atoms with Crippen molar-refractivity contribution < 1.29 is 4.79 Å². The molecule has 0 radical (unpaired) electrons. The molecule has 1 N–H and O–H groups in total. The smallest absolute Gasteiger partial charge is 0.233 e. The molecule has 1 heterocycles. The molecule has 0 atom stereocenters. The van der Waals surface area contributed by atoms with E-state index in [1.165, 1.54) is 5.56 Å². The van der Waals surface area contributed by atoms with Crippen molar-refractivity contribution >= 4 is 23.0 Å². The Balaban J connectivity index is 2.14. The van der Waals surface area contributed by atoms with Crippen molar-refractivity contribution in [1.82, 2.24) is 0 Å². The van der Waals surface area contributed by atoms with Gasteiger partial charge in [0, 0.05) is 18.7 Å². The second-order valence-corrected chi connectivity index (χ2v) is 4.76. The monoisotopic (exact) mass is 252 g/mol.